The standard InChI is InChI=1S/C17H21NO4S2/c1-12-4-9-16(22-2)17(10-12)24(20,21)18-11-15(19)13-5-7-14(23-3)8-6-13/h4-10,15,18-19H,11H2,1-3H3. The SMILES string of the molecule is COc1ccc(C)cc1S(=O)(=O)NCC(O)c1ccc(SC)cc1. The molecule has 0 amide bonds. The molecule has 2 rings (SSSR count). The van der Waals surface area contributed by atoms with E-state index in [1.165, 1.54) is 7.11 Å². The lowest BCUT2D eigenvalue weighted by atomic mass is 10.1. The highest BCUT2D eigenvalue weighted by molar-refractivity contribution is 7.98. The molecule has 0 spiro atoms. The molecule has 1 atom stereocenters. The minimum atomic E-state index is -3.78. The number of methoxy groups -OCH3 is 1. The summed E-state index contributed by atoms with van der Waals surface area (Å²) in [6, 6.07) is 12.3. The highest BCUT2D eigenvalue weighted by atomic mass is 32.2. The lowest BCUT2D eigenvalue weighted by Gasteiger charge is -2.15. The van der Waals surface area contributed by atoms with Gasteiger partial charge in [0.2, 0.25) is 10.0 Å². The van der Waals surface area contributed by atoms with E-state index in [9.17, 15) is 13.5 Å². The van der Waals surface area contributed by atoms with E-state index >= 15 is 0 Å². The molecule has 0 aliphatic heterocycles. The monoisotopic (exact) mass is 367 g/mol. The quantitative estimate of drug-likeness (QED) is 0.736. The Morgan fingerprint density at radius 3 is 2.46 bits per heavy atom. The topological polar surface area (TPSA) is 75.6 Å². The Labute approximate surface area is 147 Å². The molecule has 2 aromatic carbocycles. The van der Waals surface area contributed by atoms with Crippen molar-refractivity contribution in [3.8, 4) is 5.75 Å². The number of hydrogen-bond acceptors (Lipinski definition) is 5. The fraction of sp³-hybridized carbons (Fsp3) is 0.294. The van der Waals surface area contributed by atoms with Crippen LogP contribution in [0.2, 0.25) is 0 Å². The maximum absolute atomic E-state index is 12.5. The second-order valence-electron chi connectivity index (χ2n) is 5.30. The number of hydrogen-bond donors (Lipinski definition) is 2. The predicted octanol–water partition coefficient (Wildman–Crippen LogP) is 2.74. The molecule has 5 nitrogen and oxygen atoms in total. The zero-order valence-corrected chi connectivity index (χ0v) is 15.4. The maximum Gasteiger partial charge on any atom is 0.244 e. The van der Waals surface area contributed by atoms with E-state index in [0.717, 1.165) is 10.5 Å². The molecular formula is C17H21NO4S2. The third-order valence-electron chi connectivity index (χ3n) is 3.58. The Bertz CT molecular complexity index is 789. The first-order chi connectivity index (χ1) is 11.4. The number of aliphatic hydroxyl groups excluding tert-OH is 1. The summed E-state index contributed by atoms with van der Waals surface area (Å²) < 4.78 is 32.6. The van der Waals surface area contributed by atoms with Crippen LogP contribution < -0.4 is 9.46 Å². The Balaban J connectivity index is 2.13. The first kappa shape index (κ1) is 18.8. The van der Waals surface area contributed by atoms with E-state index in [0.29, 0.717) is 5.56 Å². The summed E-state index contributed by atoms with van der Waals surface area (Å²) in [5.74, 6) is 0.270. The minimum Gasteiger partial charge on any atom is -0.495 e. The van der Waals surface area contributed by atoms with E-state index in [-0.39, 0.29) is 17.2 Å². The number of nitrogens with one attached hydrogen (secondary N) is 1. The Hall–Kier alpha value is -1.54. The van der Waals surface area contributed by atoms with Crippen molar-refractivity contribution in [2.45, 2.75) is 22.8 Å². The van der Waals surface area contributed by atoms with Crippen molar-refractivity contribution < 1.29 is 18.3 Å². The predicted molar refractivity (Wildman–Crippen MR) is 96.1 cm³/mol. The number of ether oxygens (including phenoxy) is 1. The highest BCUT2D eigenvalue weighted by Gasteiger charge is 2.21. The van der Waals surface area contributed by atoms with Gasteiger partial charge in [-0.3, -0.25) is 0 Å². The smallest absolute Gasteiger partial charge is 0.244 e. The third kappa shape index (κ3) is 4.51. The van der Waals surface area contributed by atoms with Gasteiger partial charge < -0.3 is 9.84 Å². The molecule has 0 fully saturated rings. The molecule has 0 bridgehead atoms. The Morgan fingerprint density at radius 2 is 1.88 bits per heavy atom. The van der Waals surface area contributed by atoms with Crippen molar-refractivity contribution in [3.05, 3.63) is 53.6 Å². The highest BCUT2D eigenvalue weighted by Crippen LogP contribution is 2.25. The van der Waals surface area contributed by atoms with Crippen molar-refractivity contribution >= 4 is 21.8 Å². The molecule has 0 aliphatic rings. The lowest BCUT2D eigenvalue weighted by molar-refractivity contribution is 0.182. The molecule has 2 aromatic rings. The average Bonchev–Trinajstić information content (AvgIpc) is 2.59. The van der Waals surface area contributed by atoms with E-state index in [2.05, 4.69) is 4.72 Å². The molecule has 0 saturated carbocycles. The van der Waals surface area contributed by atoms with Crippen LogP contribution in [0, 0.1) is 6.92 Å². The second-order valence-corrected chi connectivity index (χ2v) is 7.91. The van der Waals surface area contributed by atoms with Gasteiger partial charge in [0.1, 0.15) is 10.6 Å². The van der Waals surface area contributed by atoms with Gasteiger partial charge in [0.05, 0.1) is 13.2 Å². The van der Waals surface area contributed by atoms with Crippen LogP contribution in [0.25, 0.3) is 0 Å². The largest absolute Gasteiger partial charge is 0.495 e. The van der Waals surface area contributed by atoms with Crippen LogP contribution in [-0.4, -0.2) is 33.4 Å². The summed E-state index contributed by atoms with van der Waals surface area (Å²) in [5.41, 5.74) is 1.47. The van der Waals surface area contributed by atoms with Crippen molar-refractivity contribution in [3.63, 3.8) is 0 Å². The fourth-order valence-corrected chi connectivity index (χ4v) is 3.90. The van der Waals surface area contributed by atoms with Crippen LogP contribution >= 0.6 is 11.8 Å². The average molecular weight is 367 g/mol. The van der Waals surface area contributed by atoms with Gasteiger partial charge in [0.25, 0.3) is 0 Å². The van der Waals surface area contributed by atoms with Gasteiger partial charge in [-0.15, -0.1) is 11.8 Å². The number of rotatable bonds is 7. The van der Waals surface area contributed by atoms with Crippen LogP contribution in [0.1, 0.15) is 17.2 Å². The summed E-state index contributed by atoms with van der Waals surface area (Å²) in [6.45, 7) is 1.69. The van der Waals surface area contributed by atoms with Gasteiger partial charge >= 0.3 is 0 Å². The third-order valence-corrected chi connectivity index (χ3v) is 5.76. The van der Waals surface area contributed by atoms with Crippen LogP contribution in [0.5, 0.6) is 5.75 Å². The molecule has 130 valence electrons. The zero-order chi connectivity index (χ0) is 17.7. The van der Waals surface area contributed by atoms with Crippen LogP contribution in [0.3, 0.4) is 0 Å². The van der Waals surface area contributed by atoms with Gasteiger partial charge in [-0.1, -0.05) is 18.2 Å². The molecule has 0 radical (unpaired) electrons. The van der Waals surface area contributed by atoms with Gasteiger partial charge in [-0.05, 0) is 48.6 Å². The molecule has 0 aliphatic carbocycles. The van der Waals surface area contributed by atoms with E-state index in [1.54, 1.807) is 49.0 Å². The Morgan fingerprint density at radius 1 is 1.21 bits per heavy atom. The summed E-state index contributed by atoms with van der Waals surface area (Å²) in [6.07, 6.45) is 1.04. The molecule has 2 N–H and O–H groups in total. The number of aliphatic hydroxyl groups is 1. The number of aryl methyl sites for hydroxylation is 1. The van der Waals surface area contributed by atoms with Crippen molar-refractivity contribution in [1.29, 1.82) is 0 Å². The zero-order valence-electron chi connectivity index (χ0n) is 13.8. The summed E-state index contributed by atoms with van der Waals surface area (Å²) >= 11 is 1.60. The normalized spacial score (nSPS) is 12.8. The summed E-state index contributed by atoms with van der Waals surface area (Å²) in [4.78, 5) is 1.14. The molecule has 0 saturated heterocycles. The maximum atomic E-state index is 12.5. The first-order valence-corrected chi connectivity index (χ1v) is 10.0. The Kier molecular flexibility index (Phi) is 6.28. The minimum absolute atomic E-state index is 0.0648. The van der Waals surface area contributed by atoms with Crippen LogP contribution in [0.15, 0.2) is 52.3 Å². The van der Waals surface area contributed by atoms with E-state index in [1.807, 2.05) is 18.4 Å². The van der Waals surface area contributed by atoms with Gasteiger partial charge in [0, 0.05) is 11.4 Å². The van der Waals surface area contributed by atoms with E-state index < -0.39 is 16.1 Å². The van der Waals surface area contributed by atoms with Crippen molar-refractivity contribution in [2.24, 2.45) is 0 Å². The first-order valence-electron chi connectivity index (χ1n) is 7.33. The number of thioether (sulfide) groups is 1. The van der Waals surface area contributed by atoms with Crippen LogP contribution in [-0.2, 0) is 10.0 Å². The van der Waals surface area contributed by atoms with Crippen molar-refractivity contribution in [1.82, 2.24) is 4.72 Å². The van der Waals surface area contributed by atoms with Gasteiger partial charge in [-0.25, -0.2) is 13.1 Å². The summed E-state index contributed by atoms with van der Waals surface area (Å²) in [7, 11) is -2.36. The van der Waals surface area contributed by atoms with E-state index in [4.69, 9.17) is 4.74 Å². The molecule has 1 unspecified atom stereocenters. The van der Waals surface area contributed by atoms with Crippen LogP contribution in [0.4, 0.5) is 0 Å². The van der Waals surface area contributed by atoms with Gasteiger partial charge in [0.15, 0.2) is 0 Å². The summed E-state index contributed by atoms with van der Waals surface area (Å²) in [5, 5.41) is 10.2. The lowest BCUT2D eigenvalue weighted by Crippen LogP contribution is -2.29. The molecule has 0 heterocycles. The van der Waals surface area contributed by atoms with Gasteiger partial charge in [-0.2, -0.15) is 0 Å². The molecule has 0 aromatic heterocycles. The second kappa shape index (κ2) is 8.02. The number of sulfonamides is 1. The fourth-order valence-electron chi connectivity index (χ4n) is 2.20. The number of benzene rings is 2. The molecule has 7 heteroatoms. The van der Waals surface area contributed by atoms with Crippen molar-refractivity contribution in [2.75, 3.05) is 19.9 Å². The molecular weight excluding hydrogens is 346 g/mol. The molecule has 24 heavy (non-hydrogen) atoms.